The minimum atomic E-state index is -0.408. The third-order valence-electron chi connectivity index (χ3n) is 3.31. The Morgan fingerprint density at radius 2 is 1.88 bits per heavy atom. The molecular formula is C13H19NO2. The van der Waals surface area contributed by atoms with Crippen molar-refractivity contribution in [3.05, 3.63) is 35.9 Å². The molecule has 1 aliphatic rings. The summed E-state index contributed by atoms with van der Waals surface area (Å²) in [5.41, 5.74) is 0.757. The topological polar surface area (TPSA) is 21.7 Å². The van der Waals surface area contributed by atoms with Gasteiger partial charge in [0.15, 0.2) is 5.72 Å². The highest BCUT2D eigenvalue weighted by molar-refractivity contribution is 5.22. The maximum Gasteiger partial charge on any atom is 0.169 e. The maximum absolute atomic E-state index is 5.77. The highest BCUT2D eigenvalue weighted by atomic mass is 16.7. The lowest BCUT2D eigenvalue weighted by Gasteiger charge is -2.44. The first kappa shape index (κ1) is 11.6. The van der Waals surface area contributed by atoms with Crippen LogP contribution in [0.15, 0.2) is 30.3 Å². The van der Waals surface area contributed by atoms with Gasteiger partial charge in [0, 0.05) is 19.2 Å². The van der Waals surface area contributed by atoms with E-state index in [2.05, 4.69) is 12.1 Å². The standard InChI is InChI=1S/C13H19NO2/c1-15-13(12-8-4-3-5-9-12)10-6-7-11-14(13)16-2/h3-5,8-9H,6-7,10-11H2,1-2H3. The molecule has 1 heterocycles. The summed E-state index contributed by atoms with van der Waals surface area (Å²) in [6.07, 6.45) is 3.30. The van der Waals surface area contributed by atoms with E-state index < -0.39 is 5.72 Å². The Morgan fingerprint density at radius 1 is 1.12 bits per heavy atom. The zero-order chi connectivity index (χ0) is 11.4. The van der Waals surface area contributed by atoms with Crippen LogP contribution in [0.5, 0.6) is 0 Å². The molecule has 16 heavy (non-hydrogen) atoms. The largest absolute Gasteiger partial charge is 0.357 e. The van der Waals surface area contributed by atoms with E-state index in [1.807, 2.05) is 23.3 Å². The third-order valence-corrected chi connectivity index (χ3v) is 3.31. The lowest BCUT2D eigenvalue weighted by atomic mass is 9.92. The van der Waals surface area contributed by atoms with Crippen molar-refractivity contribution in [3.8, 4) is 0 Å². The summed E-state index contributed by atoms with van der Waals surface area (Å²) in [6, 6.07) is 10.3. The van der Waals surface area contributed by atoms with Crippen molar-refractivity contribution < 1.29 is 9.57 Å². The summed E-state index contributed by atoms with van der Waals surface area (Å²) >= 11 is 0. The number of hydroxylamine groups is 2. The first-order valence-corrected chi connectivity index (χ1v) is 5.76. The molecule has 0 aromatic heterocycles. The zero-order valence-corrected chi connectivity index (χ0v) is 9.98. The molecule has 1 aromatic rings. The number of nitrogens with zero attached hydrogens (tertiary/aromatic N) is 1. The van der Waals surface area contributed by atoms with Crippen molar-refractivity contribution in [3.63, 3.8) is 0 Å². The van der Waals surface area contributed by atoms with Crippen LogP contribution >= 0.6 is 0 Å². The number of piperidine rings is 1. The molecule has 0 radical (unpaired) electrons. The second-order valence-electron chi connectivity index (χ2n) is 4.10. The number of hydrogen-bond acceptors (Lipinski definition) is 3. The average molecular weight is 221 g/mol. The lowest BCUT2D eigenvalue weighted by molar-refractivity contribution is -0.311. The average Bonchev–Trinajstić information content (AvgIpc) is 2.39. The fourth-order valence-electron chi connectivity index (χ4n) is 2.47. The molecule has 0 aliphatic carbocycles. The van der Waals surface area contributed by atoms with Gasteiger partial charge in [0.25, 0.3) is 0 Å². The van der Waals surface area contributed by atoms with Gasteiger partial charge in [-0.1, -0.05) is 30.3 Å². The van der Waals surface area contributed by atoms with Gasteiger partial charge in [0.1, 0.15) is 0 Å². The van der Waals surface area contributed by atoms with Crippen LogP contribution in [0.4, 0.5) is 0 Å². The number of hydrogen-bond donors (Lipinski definition) is 0. The Labute approximate surface area is 96.9 Å². The van der Waals surface area contributed by atoms with E-state index in [4.69, 9.17) is 9.57 Å². The maximum atomic E-state index is 5.77. The van der Waals surface area contributed by atoms with Gasteiger partial charge in [0.2, 0.25) is 0 Å². The SMILES string of the molecule is CON1CCCCC1(OC)c1ccccc1. The van der Waals surface area contributed by atoms with E-state index >= 15 is 0 Å². The van der Waals surface area contributed by atoms with Crippen LogP contribution in [-0.2, 0) is 15.3 Å². The Morgan fingerprint density at radius 3 is 2.50 bits per heavy atom. The Kier molecular flexibility index (Phi) is 3.59. The van der Waals surface area contributed by atoms with Crippen molar-refractivity contribution in [2.75, 3.05) is 20.8 Å². The van der Waals surface area contributed by atoms with Crippen molar-refractivity contribution >= 4 is 0 Å². The Balaban J connectivity index is 2.36. The highest BCUT2D eigenvalue weighted by Gasteiger charge is 2.41. The summed E-state index contributed by atoms with van der Waals surface area (Å²) in [4.78, 5) is 5.46. The van der Waals surface area contributed by atoms with E-state index in [9.17, 15) is 0 Å². The monoisotopic (exact) mass is 221 g/mol. The van der Waals surface area contributed by atoms with E-state index in [0.29, 0.717) is 0 Å². The molecule has 0 saturated carbocycles. The van der Waals surface area contributed by atoms with E-state index in [0.717, 1.165) is 19.4 Å². The van der Waals surface area contributed by atoms with Gasteiger partial charge in [0.05, 0.1) is 7.11 Å². The molecule has 1 atom stereocenters. The fraction of sp³-hybridized carbons (Fsp3) is 0.538. The molecule has 2 rings (SSSR count). The van der Waals surface area contributed by atoms with Crippen molar-refractivity contribution in [2.45, 2.75) is 25.0 Å². The van der Waals surface area contributed by atoms with Crippen LogP contribution in [0.1, 0.15) is 24.8 Å². The molecule has 1 aromatic carbocycles. The molecule has 1 unspecified atom stereocenters. The zero-order valence-electron chi connectivity index (χ0n) is 9.98. The minimum absolute atomic E-state index is 0.408. The van der Waals surface area contributed by atoms with Crippen LogP contribution in [0, 0.1) is 0 Å². The van der Waals surface area contributed by atoms with Gasteiger partial charge in [-0.25, -0.2) is 0 Å². The van der Waals surface area contributed by atoms with Crippen LogP contribution in [0.25, 0.3) is 0 Å². The van der Waals surface area contributed by atoms with Crippen LogP contribution < -0.4 is 0 Å². The number of benzene rings is 1. The lowest BCUT2D eigenvalue weighted by Crippen LogP contribution is -2.50. The molecule has 0 spiro atoms. The van der Waals surface area contributed by atoms with E-state index in [1.165, 1.54) is 12.0 Å². The van der Waals surface area contributed by atoms with Gasteiger partial charge in [-0.2, -0.15) is 5.06 Å². The minimum Gasteiger partial charge on any atom is -0.357 e. The molecule has 1 aliphatic heterocycles. The second-order valence-corrected chi connectivity index (χ2v) is 4.10. The molecule has 1 saturated heterocycles. The molecule has 88 valence electrons. The molecule has 0 N–H and O–H groups in total. The number of rotatable bonds is 3. The van der Waals surface area contributed by atoms with Crippen LogP contribution in [-0.4, -0.2) is 25.8 Å². The van der Waals surface area contributed by atoms with Crippen molar-refractivity contribution in [2.24, 2.45) is 0 Å². The number of ether oxygens (including phenoxy) is 1. The molecule has 3 heteroatoms. The molecule has 3 nitrogen and oxygen atoms in total. The Hall–Kier alpha value is -0.900. The van der Waals surface area contributed by atoms with Gasteiger partial charge >= 0.3 is 0 Å². The molecule has 0 bridgehead atoms. The summed E-state index contributed by atoms with van der Waals surface area (Å²) in [5, 5.41) is 1.95. The normalized spacial score (nSPS) is 26.9. The quantitative estimate of drug-likeness (QED) is 0.783. The van der Waals surface area contributed by atoms with Crippen LogP contribution in [0.2, 0.25) is 0 Å². The first-order chi connectivity index (χ1) is 7.83. The van der Waals surface area contributed by atoms with Crippen LogP contribution in [0.3, 0.4) is 0 Å². The van der Waals surface area contributed by atoms with E-state index in [-0.39, 0.29) is 0 Å². The Bertz CT molecular complexity index is 328. The fourth-order valence-corrected chi connectivity index (χ4v) is 2.47. The smallest absolute Gasteiger partial charge is 0.169 e. The molecular weight excluding hydrogens is 202 g/mol. The van der Waals surface area contributed by atoms with Gasteiger partial charge in [-0.3, -0.25) is 4.84 Å². The molecule has 0 amide bonds. The van der Waals surface area contributed by atoms with Gasteiger partial charge < -0.3 is 4.74 Å². The second kappa shape index (κ2) is 4.95. The van der Waals surface area contributed by atoms with Gasteiger partial charge in [-0.05, 0) is 19.3 Å². The van der Waals surface area contributed by atoms with Crippen molar-refractivity contribution in [1.29, 1.82) is 0 Å². The van der Waals surface area contributed by atoms with E-state index in [1.54, 1.807) is 14.2 Å². The van der Waals surface area contributed by atoms with Crippen molar-refractivity contribution in [1.82, 2.24) is 5.06 Å². The first-order valence-electron chi connectivity index (χ1n) is 5.76. The predicted molar refractivity (Wildman–Crippen MR) is 62.7 cm³/mol. The summed E-state index contributed by atoms with van der Waals surface area (Å²) < 4.78 is 5.77. The van der Waals surface area contributed by atoms with Gasteiger partial charge in [-0.15, -0.1) is 0 Å². The highest BCUT2D eigenvalue weighted by Crippen LogP contribution is 2.38. The predicted octanol–water partition coefficient (Wildman–Crippen LogP) is 2.53. The molecule has 1 fully saturated rings. The summed E-state index contributed by atoms with van der Waals surface area (Å²) in [6.45, 7) is 0.916. The summed E-state index contributed by atoms with van der Waals surface area (Å²) in [5.74, 6) is 0. The third kappa shape index (κ3) is 1.86. The number of methoxy groups -OCH3 is 1. The summed E-state index contributed by atoms with van der Waals surface area (Å²) in [7, 11) is 3.46.